The molecule has 0 bridgehead atoms. The Morgan fingerprint density at radius 2 is 0.846 bits per heavy atom. The molecule has 0 radical (unpaired) electrons. The van der Waals surface area contributed by atoms with E-state index >= 15 is 0 Å². The molecule has 0 aromatic heterocycles. The summed E-state index contributed by atoms with van der Waals surface area (Å²) in [6.07, 6.45) is 0. The Labute approximate surface area is 142 Å². The molecule has 4 N–H and O–H groups in total. The maximum atomic E-state index is 8.88. The van der Waals surface area contributed by atoms with Crippen LogP contribution in [0.25, 0.3) is 0 Å². The SMILES string of the molecule is O=P(O)(O)O.[NaH].[NaH].[NaH].[O]=[Mn](=[O])(=[O])[OH]. The minimum atomic E-state index is -5.38. The van der Waals surface area contributed by atoms with E-state index in [0.29, 0.717) is 0 Å². The summed E-state index contributed by atoms with van der Waals surface area (Å²) in [5.41, 5.74) is 0. The number of phosphoric acid groups is 1. The molecule has 0 spiro atoms. The van der Waals surface area contributed by atoms with Gasteiger partial charge >= 0.3 is 125 Å². The summed E-state index contributed by atoms with van der Waals surface area (Å²) in [4.78, 5) is 21.6. The van der Waals surface area contributed by atoms with Crippen molar-refractivity contribution in [3.05, 3.63) is 0 Å². The summed E-state index contributed by atoms with van der Waals surface area (Å²) in [5.74, 6) is 0. The van der Waals surface area contributed by atoms with Gasteiger partial charge in [-0.1, -0.05) is 0 Å². The van der Waals surface area contributed by atoms with Crippen molar-refractivity contribution < 1.29 is 47.9 Å². The molecule has 0 aliphatic rings. The van der Waals surface area contributed by atoms with Crippen LogP contribution in [0.5, 0.6) is 0 Å². The molecule has 8 nitrogen and oxygen atoms in total. The summed E-state index contributed by atoms with van der Waals surface area (Å²) in [5, 5.41) is 0. The Kier molecular flexibility index (Phi) is 29.9. The molecule has 0 aliphatic heterocycles. The zero-order valence-corrected chi connectivity index (χ0v) is 6.32. The van der Waals surface area contributed by atoms with E-state index < -0.39 is 20.8 Å². The summed E-state index contributed by atoms with van der Waals surface area (Å²) < 4.78 is 41.9. The van der Waals surface area contributed by atoms with Crippen molar-refractivity contribution in [3.8, 4) is 0 Å². The third-order valence-corrected chi connectivity index (χ3v) is 0. The third-order valence-electron chi connectivity index (χ3n) is 0. The molecule has 70 valence electrons. The van der Waals surface area contributed by atoms with Crippen LogP contribution in [0.4, 0.5) is 0 Å². The van der Waals surface area contributed by atoms with E-state index in [4.69, 9.17) is 34.9 Å². The van der Waals surface area contributed by atoms with Crippen LogP contribution in [0.1, 0.15) is 0 Å². The van der Waals surface area contributed by atoms with Gasteiger partial charge in [0.1, 0.15) is 0 Å². The van der Waals surface area contributed by atoms with Crippen molar-refractivity contribution >= 4 is 96.5 Å². The Morgan fingerprint density at radius 1 is 0.846 bits per heavy atom. The molecule has 0 aliphatic carbocycles. The fourth-order valence-electron chi connectivity index (χ4n) is 0. The predicted molar refractivity (Wildman–Crippen MR) is 40.0 cm³/mol. The van der Waals surface area contributed by atoms with Gasteiger partial charge in [0.15, 0.2) is 0 Å². The second-order valence-corrected chi connectivity index (χ2v) is 3.17. The van der Waals surface area contributed by atoms with Gasteiger partial charge < -0.3 is 14.7 Å². The van der Waals surface area contributed by atoms with E-state index in [9.17, 15) is 0 Å². The van der Waals surface area contributed by atoms with E-state index in [0.717, 1.165) is 0 Å². The van der Waals surface area contributed by atoms with Crippen molar-refractivity contribution in [2.45, 2.75) is 0 Å². The summed E-state index contributed by atoms with van der Waals surface area (Å²) >= 11 is -5.38. The van der Waals surface area contributed by atoms with Gasteiger partial charge in [0.05, 0.1) is 0 Å². The number of hydrogen-bond donors (Lipinski definition) is 4. The van der Waals surface area contributed by atoms with E-state index in [1.54, 1.807) is 0 Å². The fourth-order valence-corrected chi connectivity index (χ4v) is 0. The second kappa shape index (κ2) is 13.1. The van der Waals surface area contributed by atoms with E-state index in [1.165, 1.54) is 0 Å². The molecule has 0 heterocycles. The van der Waals surface area contributed by atoms with E-state index in [-0.39, 0.29) is 88.7 Å². The summed E-state index contributed by atoms with van der Waals surface area (Å²) in [6.45, 7) is 0. The first kappa shape index (κ1) is 29.7. The Balaban J connectivity index is -0.0000000267. The van der Waals surface area contributed by atoms with Crippen LogP contribution in [-0.4, -0.2) is 108 Å². The van der Waals surface area contributed by atoms with Crippen molar-refractivity contribution in [3.63, 3.8) is 0 Å². The molecule has 0 unspecified atom stereocenters. The zero-order valence-electron chi connectivity index (χ0n) is 4.25. The quantitative estimate of drug-likeness (QED) is 0.262. The van der Waals surface area contributed by atoms with Gasteiger partial charge in [-0.2, -0.15) is 0 Å². The molecule has 0 amide bonds. The van der Waals surface area contributed by atoms with Crippen molar-refractivity contribution in [2.24, 2.45) is 0 Å². The van der Waals surface area contributed by atoms with Gasteiger partial charge in [-0.25, -0.2) is 4.57 Å². The van der Waals surface area contributed by atoms with Gasteiger partial charge in [-0.3, -0.25) is 0 Å². The van der Waals surface area contributed by atoms with Crippen LogP contribution in [0.2, 0.25) is 0 Å². The number of rotatable bonds is 0. The maximum absolute atomic E-state index is 8.88. The Bertz CT molecular complexity index is 243. The predicted octanol–water partition coefficient (Wildman–Crippen LogP) is -3.79. The molecule has 13 heteroatoms. The molecule has 0 aromatic carbocycles. The van der Waals surface area contributed by atoms with Gasteiger partial charge in [-0.15, -0.1) is 0 Å². The van der Waals surface area contributed by atoms with Crippen LogP contribution in [-0.2, 0) is 29.0 Å². The molecule has 0 rings (SSSR count). The monoisotopic (exact) mass is 290 g/mol. The van der Waals surface area contributed by atoms with Crippen LogP contribution >= 0.6 is 7.82 Å². The zero-order chi connectivity index (χ0) is 9.00. The molecule has 0 atom stereocenters. The molecule has 0 fully saturated rings. The van der Waals surface area contributed by atoms with Gasteiger partial charge in [0.2, 0.25) is 0 Å². The van der Waals surface area contributed by atoms with E-state index in [2.05, 4.69) is 0 Å². The molecule has 0 saturated heterocycles. The first-order chi connectivity index (χ1) is 4.00. The third kappa shape index (κ3) is 283. The first-order valence-corrected chi connectivity index (χ1v) is 4.95. The van der Waals surface area contributed by atoms with Crippen LogP contribution in [0.3, 0.4) is 0 Å². The average molecular weight is 290 g/mol. The summed E-state index contributed by atoms with van der Waals surface area (Å²) in [6, 6.07) is 0. The molecule has 13 heavy (non-hydrogen) atoms. The molecule has 0 aromatic rings. The first-order valence-electron chi connectivity index (χ1n) is 1.41. The molecule has 0 saturated carbocycles. The second-order valence-electron chi connectivity index (χ2n) is 0.909. The normalized spacial score (nSPS) is 8.92. The van der Waals surface area contributed by atoms with Gasteiger partial charge in [-0.05, 0) is 0 Å². The van der Waals surface area contributed by atoms with Crippen LogP contribution < -0.4 is 0 Å². The van der Waals surface area contributed by atoms with E-state index in [1.807, 2.05) is 0 Å². The Morgan fingerprint density at radius 3 is 0.846 bits per heavy atom. The van der Waals surface area contributed by atoms with Gasteiger partial charge in [0, 0.05) is 0 Å². The van der Waals surface area contributed by atoms with Crippen molar-refractivity contribution in [1.82, 2.24) is 0 Å². The fraction of sp³-hybridized carbons (Fsp3) is 0. The van der Waals surface area contributed by atoms with Crippen LogP contribution in [0.15, 0.2) is 0 Å². The van der Waals surface area contributed by atoms with Crippen molar-refractivity contribution in [1.29, 1.82) is 0 Å². The van der Waals surface area contributed by atoms with Gasteiger partial charge in [0.25, 0.3) is 0 Å². The standard InChI is InChI=1S/Mn.3Na.H3O4P.H2O.3O.3H/c;;;;1-5(2,3)4;;;;;;;/h;;;;(H3,1,2,3,4);1H2;;;;;;/q+1;;;;;;;;;;;/p-1. The Hall–Kier alpha value is 2.99. The molecular formula is H7MnNa3O8P. The molecular weight excluding hydrogens is 283 g/mol. The average Bonchev–Trinajstić information content (AvgIpc) is 1.12. The topological polar surface area (TPSA) is 149 Å². The van der Waals surface area contributed by atoms with Crippen molar-refractivity contribution in [2.75, 3.05) is 0 Å². The summed E-state index contributed by atoms with van der Waals surface area (Å²) in [7, 11) is -4.64. The minimum absolute atomic E-state index is 0. The number of hydrogen-bond acceptors (Lipinski definition) is 4. The van der Waals surface area contributed by atoms with Crippen LogP contribution in [0, 0.1) is 0 Å².